The first-order chi connectivity index (χ1) is 35.3. The summed E-state index contributed by atoms with van der Waals surface area (Å²) < 4.78 is 36.6. The lowest BCUT2D eigenvalue weighted by Gasteiger charge is -2.25. The zero-order valence-corrected chi connectivity index (χ0v) is 49.1. The van der Waals surface area contributed by atoms with E-state index in [1.165, 1.54) is 5.57 Å². The lowest BCUT2D eigenvalue weighted by atomic mass is 9.92. The summed E-state index contributed by atoms with van der Waals surface area (Å²) in [5.74, 6) is 0.541. The molecule has 5 unspecified atom stereocenters. The van der Waals surface area contributed by atoms with Crippen molar-refractivity contribution < 1.29 is 43.1 Å². The summed E-state index contributed by atoms with van der Waals surface area (Å²) in [5, 5.41) is 9.42. The molecule has 0 aromatic heterocycles. The summed E-state index contributed by atoms with van der Waals surface area (Å²) in [7, 11) is 0. The number of aliphatic hydroxyl groups is 1. The van der Waals surface area contributed by atoms with Crippen LogP contribution in [0.25, 0.3) is 0 Å². The number of allylic oxidation sites excluding steroid dienone is 4. The molecule has 74 heavy (non-hydrogen) atoms. The van der Waals surface area contributed by atoms with Crippen LogP contribution in [0.15, 0.2) is 85.1 Å². The third-order valence-corrected chi connectivity index (χ3v) is 14.0. The van der Waals surface area contributed by atoms with Crippen LogP contribution in [0.2, 0.25) is 0 Å². The molecule has 0 fully saturated rings. The molecule has 0 aliphatic heterocycles. The highest BCUT2D eigenvalue weighted by Crippen LogP contribution is 2.25. The minimum Gasteiger partial charge on any atom is -0.466 e. The average molecular weight is 1040 g/mol. The van der Waals surface area contributed by atoms with Gasteiger partial charge in [-0.25, -0.2) is 0 Å². The van der Waals surface area contributed by atoms with Gasteiger partial charge in [0.25, 0.3) is 0 Å². The standard InChI is InChI=1S/C64H113NO9/c1-16-17-28-58(54(10)11)47-72-63(71-46-39-57(53(8)9)32-29-50(2)3)37-35-61(67)69-44-26-20-18-22-40-65(42-24-25-43-66)41-23-19-21-27-45-70-62(68)36-38-64(73-48-59(55(12)13)33-30-51(4)5)74-49-60(56(14)15)34-31-52(6)7/h57-60,63-64,66H,2,4,6,8,10,12,14,16-49H2,1,3,5,7,9,11,13,15H3. The Kier molecular flexibility index (Phi) is 44.1. The van der Waals surface area contributed by atoms with E-state index in [2.05, 4.69) is 78.6 Å². The highest BCUT2D eigenvalue weighted by atomic mass is 16.7. The number of aliphatic hydroxyl groups excluding tert-OH is 1. The Bertz CT molecular complexity index is 1550. The molecule has 0 aliphatic rings. The van der Waals surface area contributed by atoms with Gasteiger partial charge in [0.1, 0.15) is 0 Å². The molecular weight excluding hydrogens is 927 g/mol. The number of rotatable bonds is 53. The van der Waals surface area contributed by atoms with Crippen molar-refractivity contribution in [3.63, 3.8) is 0 Å². The monoisotopic (exact) mass is 1040 g/mol. The van der Waals surface area contributed by atoms with E-state index in [0.717, 1.165) is 181 Å². The minimum atomic E-state index is -0.531. The maximum Gasteiger partial charge on any atom is 0.305 e. The fourth-order valence-electron chi connectivity index (χ4n) is 8.56. The van der Waals surface area contributed by atoms with Gasteiger partial charge in [-0.1, -0.05) is 111 Å². The van der Waals surface area contributed by atoms with Crippen molar-refractivity contribution in [1.29, 1.82) is 0 Å². The molecule has 5 atom stereocenters. The summed E-state index contributed by atoms with van der Waals surface area (Å²) in [6.07, 6.45) is 19.8. The maximum atomic E-state index is 12.9. The summed E-state index contributed by atoms with van der Waals surface area (Å²) in [5.41, 5.74) is 7.85. The van der Waals surface area contributed by atoms with Crippen LogP contribution in [0.5, 0.6) is 0 Å². The minimum absolute atomic E-state index is 0.182. The SMILES string of the molecule is C=C(C)CCC(CCOC(CCC(=O)OCCCCCCN(CCCCO)CCCCCCOC(=O)CCC(OCC(CCC(=C)C)C(=C)C)OCC(CCC(=C)C)C(=C)C)OCC(CCCC)C(=C)C)C(=C)C. The van der Waals surface area contributed by atoms with E-state index in [-0.39, 0.29) is 49.1 Å². The first kappa shape index (κ1) is 70.9. The molecule has 0 amide bonds. The van der Waals surface area contributed by atoms with E-state index in [4.69, 9.17) is 28.4 Å². The van der Waals surface area contributed by atoms with Gasteiger partial charge in [0.15, 0.2) is 12.6 Å². The normalized spacial score (nSPS) is 13.9. The lowest BCUT2D eigenvalue weighted by molar-refractivity contribution is -0.165. The second-order valence-corrected chi connectivity index (χ2v) is 21.9. The number of hydrogen-bond donors (Lipinski definition) is 1. The van der Waals surface area contributed by atoms with Gasteiger partial charge in [0, 0.05) is 37.2 Å². The third kappa shape index (κ3) is 41.1. The molecule has 0 aliphatic carbocycles. The van der Waals surface area contributed by atoms with Gasteiger partial charge in [-0.3, -0.25) is 9.59 Å². The summed E-state index contributed by atoms with van der Waals surface area (Å²) in [6, 6.07) is 0. The molecule has 0 aromatic rings. The molecule has 428 valence electrons. The highest BCUT2D eigenvalue weighted by Gasteiger charge is 2.22. The second kappa shape index (κ2) is 46.0. The van der Waals surface area contributed by atoms with Crippen molar-refractivity contribution in [2.75, 3.05) is 65.9 Å². The zero-order chi connectivity index (χ0) is 55.5. The van der Waals surface area contributed by atoms with Crippen LogP contribution >= 0.6 is 0 Å². The highest BCUT2D eigenvalue weighted by molar-refractivity contribution is 5.69. The van der Waals surface area contributed by atoms with Crippen LogP contribution in [-0.2, 0) is 38.0 Å². The molecular formula is C64H113NO9. The van der Waals surface area contributed by atoms with Gasteiger partial charge >= 0.3 is 11.9 Å². The van der Waals surface area contributed by atoms with Gasteiger partial charge in [-0.2, -0.15) is 0 Å². The number of carbonyl (C=O) groups is 2. The summed E-state index contributed by atoms with van der Waals surface area (Å²) in [6.45, 7) is 51.6. The third-order valence-electron chi connectivity index (χ3n) is 14.0. The van der Waals surface area contributed by atoms with E-state index in [0.29, 0.717) is 58.4 Å². The number of unbranched alkanes of at least 4 members (excludes halogenated alkanes) is 8. The second-order valence-electron chi connectivity index (χ2n) is 21.9. The fourth-order valence-corrected chi connectivity index (χ4v) is 8.56. The van der Waals surface area contributed by atoms with Crippen LogP contribution in [0.3, 0.4) is 0 Å². The molecule has 0 aromatic carbocycles. The molecule has 10 nitrogen and oxygen atoms in total. The van der Waals surface area contributed by atoms with Crippen LogP contribution in [-0.4, -0.2) is 100 Å². The molecule has 0 rings (SSSR count). The van der Waals surface area contributed by atoms with Gasteiger partial charge < -0.3 is 38.4 Å². The van der Waals surface area contributed by atoms with Crippen molar-refractivity contribution in [3.05, 3.63) is 85.1 Å². The van der Waals surface area contributed by atoms with E-state index in [1.54, 1.807) is 0 Å². The van der Waals surface area contributed by atoms with Crippen LogP contribution in [0, 0.1) is 23.7 Å². The van der Waals surface area contributed by atoms with Crippen LogP contribution in [0.1, 0.15) is 209 Å². The first-order valence-electron chi connectivity index (χ1n) is 28.9. The molecule has 1 N–H and O–H groups in total. The van der Waals surface area contributed by atoms with E-state index in [9.17, 15) is 14.7 Å². The lowest BCUT2D eigenvalue weighted by Crippen LogP contribution is -2.27. The van der Waals surface area contributed by atoms with Crippen molar-refractivity contribution in [3.8, 4) is 0 Å². The van der Waals surface area contributed by atoms with Crippen molar-refractivity contribution >= 4 is 11.9 Å². The molecule has 10 heteroatoms. The molecule has 0 spiro atoms. The smallest absolute Gasteiger partial charge is 0.305 e. The zero-order valence-electron chi connectivity index (χ0n) is 49.1. The number of carbonyl (C=O) groups excluding carboxylic acids is 2. The summed E-state index contributed by atoms with van der Waals surface area (Å²) in [4.78, 5) is 28.3. The first-order valence-corrected chi connectivity index (χ1v) is 28.9. The molecule has 0 saturated heterocycles. The van der Waals surface area contributed by atoms with Crippen molar-refractivity contribution in [2.45, 2.75) is 222 Å². The summed E-state index contributed by atoms with van der Waals surface area (Å²) >= 11 is 0. The number of nitrogens with zero attached hydrogens (tertiary/aromatic N) is 1. The van der Waals surface area contributed by atoms with Crippen molar-refractivity contribution in [2.24, 2.45) is 23.7 Å². The Morgan fingerprint density at radius 1 is 0.405 bits per heavy atom. The van der Waals surface area contributed by atoms with E-state index >= 15 is 0 Å². The van der Waals surface area contributed by atoms with Crippen LogP contribution < -0.4 is 0 Å². The maximum absolute atomic E-state index is 12.9. The molecule has 0 saturated carbocycles. The molecule has 0 heterocycles. The Labute approximate surface area is 454 Å². The number of esters is 2. The fraction of sp³-hybridized carbons (Fsp3) is 0.750. The largest absolute Gasteiger partial charge is 0.466 e. The number of hydrogen-bond acceptors (Lipinski definition) is 10. The van der Waals surface area contributed by atoms with Gasteiger partial charge in [0.2, 0.25) is 0 Å². The predicted molar refractivity (Wildman–Crippen MR) is 311 cm³/mol. The number of ether oxygens (including phenoxy) is 6. The molecule has 0 bridgehead atoms. The van der Waals surface area contributed by atoms with Crippen LogP contribution in [0.4, 0.5) is 0 Å². The molecule has 0 radical (unpaired) electrons. The van der Waals surface area contributed by atoms with Gasteiger partial charge in [-0.05, 0) is 164 Å². The Morgan fingerprint density at radius 2 is 0.770 bits per heavy atom. The topological polar surface area (TPSA) is 113 Å². The Hall–Kier alpha value is -3.12. The predicted octanol–water partition coefficient (Wildman–Crippen LogP) is 16.0. The van der Waals surface area contributed by atoms with Gasteiger partial charge in [-0.15, -0.1) is 19.7 Å². The Morgan fingerprint density at radius 3 is 1.15 bits per heavy atom. The quantitative estimate of drug-likeness (QED) is 0.0273. The van der Waals surface area contributed by atoms with E-state index in [1.807, 2.05) is 27.7 Å². The van der Waals surface area contributed by atoms with Gasteiger partial charge in [0.05, 0.1) is 52.5 Å². The van der Waals surface area contributed by atoms with E-state index < -0.39 is 12.6 Å². The average Bonchev–Trinajstić information content (AvgIpc) is 3.33. The Balaban J connectivity index is 4.85. The van der Waals surface area contributed by atoms with Crippen molar-refractivity contribution in [1.82, 2.24) is 4.90 Å².